The molecule has 6 heteroatoms. The molecule has 4 rings (SSSR count). The molecule has 3 aromatic rings. The van der Waals surface area contributed by atoms with E-state index < -0.39 is 0 Å². The van der Waals surface area contributed by atoms with E-state index in [0.717, 1.165) is 60.8 Å². The first-order valence-corrected chi connectivity index (χ1v) is 10.1. The van der Waals surface area contributed by atoms with Gasteiger partial charge in [0.1, 0.15) is 5.82 Å². The molecule has 0 bridgehead atoms. The van der Waals surface area contributed by atoms with Crippen LogP contribution in [0.15, 0.2) is 41.1 Å². The van der Waals surface area contributed by atoms with Crippen LogP contribution in [0.5, 0.6) is 0 Å². The lowest BCUT2D eigenvalue weighted by molar-refractivity contribution is 0.123. The molecule has 2 aromatic heterocycles. The monoisotopic (exact) mass is 367 g/mol. The first-order chi connectivity index (χ1) is 12.7. The van der Waals surface area contributed by atoms with Crippen molar-refractivity contribution in [2.75, 3.05) is 45.1 Å². The van der Waals surface area contributed by atoms with Gasteiger partial charge in [-0.25, -0.2) is 9.97 Å². The van der Waals surface area contributed by atoms with E-state index in [1.165, 1.54) is 0 Å². The lowest BCUT2D eigenvalue weighted by Crippen LogP contribution is -2.49. The maximum atomic E-state index is 4.83. The highest BCUT2D eigenvalue weighted by atomic mass is 32.1. The molecule has 1 saturated heterocycles. The maximum Gasteiger partial charge on any atom is 0.162 e. The topological polar surface area (TPSA) is 44.3 Å². The third-order valence-electron chi connectivity index (χ3n) is 5.11. The van der Waals surface area contributed by atoms with Crippen LogP contribution >= 0.6 is 11.3 Å². The Morgan fingerprint density at radius 1 is 1.12 bits per heavy atom. The number of benzene rings is 1. The molecule has 0 saturated carbocycles. The smallest absolute Gasteiger partial charge is 0.162 e. The molecule has 1 unspecified atom stereocenters. The summed E-state index contributed by atoms with van der Waals surface area (Å²) in [6.07, 6.45) is 0. The Morgan fingerprint density at radius 2 is 1.92 bits per heavy atom. The number of piperazine rings is 1. The zero-order valence-electron chi connectivity index (χ0n) is 15.4. The average Bonchev–Trinajstić information content (AvgIpc) is 3.21. The van der Waals surface area contributed by atoms with E-state index in [1.54, 1.807) is 11.3 Å². The minimum absolute atomic E-state index is 0.474. The summed E-state index contributed by atoms with van der Waals surface area (Å²) in [6, 6.07) is 10.8. The van der Waals surface area contributed by atoms with Crippen LogP contribution in [0.2, 0.25) is 0 Å². The third kappa shape index (κ3) is 3.72. The van der Waals surface area contributed by atoms with Crippen LogP contribution in [0.4, 0.5) is 5.82 Å². The van der Waals surface area contributed by atoms with Gasteiger partial charge in [-0.1, -0.05) is 12.1 Å². The Kier molecular flexibility index (Phi) is 5.15. The SMILES string of the molecule is CC(CNc1nc(-c2ccsc2)nc2ccccc12)N1CCN(C)CC1. The van der Waals surface area contributed by atoms with Gasteiger partial charge in [0.25, 0.3) is 0 Å². The maximum absolute atomic E-state index is 4.83. The van der Waals surface area contributed by atoms with Gasteiger partial charge in [0.05, 0.1) is 5.52 Å². The molecule has 136 valence electrons. The summed E-state index contributed by atoms with van der Waals surface area (Å²) in [5.41, 5.74) is 2.06. The number of nitrogens with zero attached hydrogens (tertiary/aromatic N) is 4. The highest BCUT2D eigenvalue weighted by Gasteiger charge is 2.19. The minimum atomic E-state index is 0.474. The predicted octanol–water partition coefficient (Wildman–Crippen LogP) is 3.41. The molecule has 5 nitrogen and oxygen atoms in total. The molecular formula is C20H25N5S. The summed E-state index contributed by atoms with van der Waals surface area (Å²) in [7, 11) is 2.19. The molecule has 1 atom stereocenters. The number of hydrogen-bond donors (Lipinski definition) is 1. The number of rotatable bonds is 5. The quantitative estimate of drug-likeness (QED) is 0.749. The lowest BCUT2D eigenvalue weighted by atomic mass is 10.2. The number of nitrogens with one attached hydrogen (secondary N) is 1. The summed E-state index contributed by atoms with van der Waals surface area (Å²) in [5.74, 6) is 1.72. The van der Waals surface area contributed by atoms with Crippen molar-refractivity contribution in [3.63, 3.8) is 0 Å². The van der Waals surface area contributed by atoms with Gasteiger partial charge in [-0.05, 0) is 37.6 Å². The summed E-state index contributed by atoms with van der Waals surface area (Å²) in [5, 5.41) is 8.84. The van der Waals surface area contributed by atoms with Crippen LogP contribution in [0.25, 0.3) is 22.3 Å². The molecule has 1 aromatic carbocycles. The molecule has 1 aliphatic rings. The molecule has 0 spiro atoms. The third-order valence-corrected chi connectivity index (χ3v) is 5.79. The van der Waals surface area contributed by atoms with Crippen molar-refractivity contribution in [1.82, 2.24) is 19.8 Å². The van der Waals surface area contributed by atoms with Crippen molar-refractivity contribution in [2.45, 2.75) is 13.0 Å². The zero-order chi connectivity index (χ0) is 17.9. The summed E-state index contributed by atoms with van der Waals surface area (Å²) in [4.78, 5) is 14.5. The van der Waals surface area contributed by atoms with E-state index in [-0.39, 0.29) is 0 Å². The van der Waals surface area contributed by atoms with Crippen molar-refractivity contribution in [3.05, 3.63) is 41.1 Å². The van der Waals surface area contributed by atoms with E-state index in [2.05, 4.69) is 58.0 Å². The van der Waals surface area contributed by atoms with Crippen LogP contribution in [0.3, 0.4) is 0 Å². The van der Waals surface area contributed by atoms with E-state index in [0.29, 0.717) is 6.04 Å². The van der Waals surface area contributed by atoms with Gasteiger partial charge in [0.15, 0.2) is 5.82 Å². The number of aromatic nitrogens is 2. The van der Waals surface area contributed by atoms with Gasteiger partial charge in [0, 0.05) is 55.1 Å². The second-order valence-corrected chi connectivity index (χ2v) is 7.77. The lowest BCUT2D eigenvalue weighted by Gasteiger charge is -2.36. The summed E-state index contributed by atoms with van der Waals surface area (Å²) < 4.78 is 0. The van der Waals surface area contributed by atoms with E-state index in [9.17, 15) is 0 Å². The second-order valence-electron chi connectivity index (χ2n) is 6.99. The standard InChI is InChI=1S/C20H25N5S/c1-15(25-10-8-24(2)9-11-25)13-21-20-17-5-3-4-6-18(17)22-19(23-20)16-7-12-26-14-16/h3-7,12,14-15H,8-11,13H2,1-2H3,(H,21,22,23). The molecule has 0 radical (unpaired) electrons. The minimum Gasteiger partial charge on any atom is -0.368 e. The fourth-order valence-corrected chi connectivity index (χ4v) is 4.00. The predicted molar refractivity (Wildman–Crippen MR) is 110 cm³/mol. The fraction of sp³-hybridized carbons (Fsp3) is 0.400. The number of para-hydroxylation sites is 1. The molecule has 1 fully saturated rings. The Bertz CT molecular complexity index is 856. The van der Waals surface area contributed by atoms with Crippen molar-refractivity contribution in [3.8, 4) is 11.4 Å². The fourth-order valence-electron chi connectivity index (χ4n) is 3.37. The van der Waals surface area contributed by atoms with Crippen LogP contribution in [-0.4, -0.2) is 65.6 Å². The Hall–Kier alpha value is -2.02. The molecule has 0 amide bonds. The van der Waals surface area contributed by atoms with E-state index in [4.69, 9.17) is 9.97 Å². The van der Waals surface area contributed by atoms with Crippen molar-refractivity contribution in [1.29, 1.82) is 0 Å². The Balaban J connectivity index is 1.55. The zero-order valence-corrected chi connectivity index (χ0v) is 16.2. The number of fused-ring (bicyclic) bond motifs is 1. The van der Waals surface area contributed by atoms with Gasteiger partial charge >= 0.3 is 0 Å². The number of thiophene rings is 1. The second kappa shape index (κ2) is 7.70. The van der Waals surface area contributed by atoms with E-state index >= 15 is 0 Å². The van der Waals surface area contributed by atoms with Crippen molar-refractivity contribution >= 4 is 28.1 Å². The van der Waals surface area contributed by atoms with Crippen LogP contribution in [-0.2, 0) is 0 Å². The highest BCUT2D eigenvalue weighted by Crippen LogP contribution is 2.26. The summed E-state index contributed by atoms with van der Waals surface area (Å²) >= 11 is 1.67. The van der Waals surface area contributed by atoms with E-state index in [1.807, 2.05) is 12.1 Å². The van der Waals surface area contributed by atoms with Gasteiger partial charge in [0.2, 0.25) is 0 Å². The summed E-state index contributed by atoms with van der Waals surface area (Å²) in [6.45, 7) is 7.72. The molecule has 26 heavy (non-hydrogen) atoms. The molecule has 1 aliphatic heterocycles. The first-order valence-electron chi connectivity index (χ1n) is 9.16. The number of likely N-dealkylation sites (N-methyl/N-ethyl adjacent to an activating group) is 1. The van der Waals surface area contributed by atoms with Crippen LogP contribution in [0, 0.1) is 0 Å². The largest absolute Gasteiger partial charge is 0.368 e. The first kappa shape index (κ1) is 17.4. The number of hydrogen-bond acceptors (Lipinski definition) is 6. The van der Waals surface area contributed by atoms with Gasteiger partial charge in [-0.2, -0.15) is 11.3 Å². The Labute approximate surface area is 158 Å². The molecule has 3 heterocycles. The van der Waals surface area contributed by atoms with Crippen LogP contribution in [0.1, 0.15) is 6.92 Å². The normalized spacial score (nSPS) is 17.5. The Morgan fingerprint density at radius 3 is 2.69 bits per heavy atom. The van der Waals surface area contributed by atoms with Crippen LogP contribution < -0.4 is 5.32 Å². The average molecular weight is 368 g/mol. The van der Waals surface area contributed by atoms with Crippen molar-refractivity contribution < 1.29 is 0 Å². The van der Waals surface area contributed by atoms with Crippen molar-refractivity contribution in [2.24, 2.45) is 0 Å². The van der Waals surface area contributed by atoms with Gasteiger partial charge < -0.3 is 10.2 Å². The number of anilines is 1. The molecule has 0 aliphatic carbocycles. The molecular weight excluding hydrogens is 342 g/mol. The van der Waals surface area contributed by atoms with Gasteiger partial charge in [-0.15, -0.1) is 0 Å². The highest BCUT2D eigenvalue weighted by molar-refractivity contribution is 7.08. The molecule has 1 N–H and O–H groups in total. The van der Waals surface area contributed by atoms with Gasteiger partial charge in [-0.3, -0.25) is 4.90 Å².